The van der Waals surface area contributed by atoms with Crippen molar-refractivity contribution in [2.24, 2.45) is 11.5 Å². The Morgan fingerprint density at radius 2 is 2.00 bits per heavy atom. The Balaban J connectivity index is 2.46. The summed E-state index contributed by atoms with van der Waals surface area (Å²) in [6.07, 6.45) is 0. The summed E-state index contributed by atoms with van der Waals surface area (Å²) in [6, 6.07) is 0. The highest BCUT2D eigenvalue weighted by molar-refractivity contribution is 7.09. The van der Waals surface area contributed by atoms with Gasteiger partial charge in [0.15, 0.2) is 0 Å². The third-order valence-electron chi connectivity index (χ3n) is 1.94. The van der Waals surface area contributed by atoms with Crippen molar-refractivity contribution in [3.63, 3.8) is 0 Å². The number of aryl methyl sites for hydroxylation is 1. The van der Waals surface area contributed by atoms with E-state index >= 15 is 0 Å². The van der Waals surface area contributed by atoms with Crippen LogP contribution in [-0.4, -0.2) is 36.1 Å². The normalized spacial score (nSPS) is 11.1. The summed E-state index contributed by atoms with van der Waals surface area (Å²) in [7, 11) is 0. The second-order valence-electron chi connectivity index (χ2n) is 3.21. The fourth-order valence-corrected chi connectivity index (χ4v) is 1.95. The molecule has 1 aromatic rings. The highest BCUT2D eigenvalue weighted by Gasteiger charge is 2.06. The number of hydrogen-bond donors (Lipinski definition) is 2. The largest absolute Gasteiger partial charge is 0.329 e. The van der Waals surface area contributed by atoms with Crippen molar-refractivity contribution in [2.75, 3.05) is 26.2 Å². The van der Waals surface area contributed by atoms with E-state index in [2.05, 4.69) is 15.3 Å². The Kier molecular flexibility index (Phi) is 5.03. The Bertz CT molecular complexity index is 255. The van der Waals surface area contributed by atoms with Gasteiger partial charge in [-0.3, -0.25) is 4.90 Å². The van der Waals surface area contributed by atoms with Gasteiger partial charge >= 0.3 is 0 Å². The van der Waals surface area contributed by atoms with Gasteiger partial charge in [-0.25, -0.2) is 4.98 Å². The summed E-state index contributed by atoms with van der Waals surface area (Å²) in [6.45, 7) is 5.98. The van der Waals surface area contributed by atoms with Crippen LogP contribution in [0.1, 0.15) is 10.7 Å². The van der Waals surface area contributed by atoms with Gasteiger partial charge in [0.1, 0.15) is 0 Å². The van der Waals surface area contributed by atoms with Crippen LogP contribution in [0, 0.1) is 6.92 Å². The second-order valence-corrected chi connectivity index (χ2v) is 4.27. The van der Waals surface area contributed by atoms with Crippen LogP contribution >= 0.6 is 11.3 Å². The minimum Gasteiger partial charge on any atom is -0.329 e. The Morgan fingerprint density at radius 3 is 2.43 bits per heavy atom. The van der Waals surface area contributed by atoms with E-state index in [1.165, 1.54) is 0 Å². The molecule has 14 heavy (non-hydrogen) atoms. The highest BCUT2D eigenvalue weighted by Crippen LogP contribution is 2.09. The first kappa shape index (κ1) is 11.6. The predicted octanol–water partition coefficient (Wildman–Crippen LogP) is 0.171. The van der Waals surface area contributed by atoms with Crippen molar-refractivity contribution in [3.8, 4) is 0 Å². The number of rotatable bonds is 6. The van der Waals surface area contributed by atoms with Crippen LogP contribution in [0.4, 0.5) is 0 Å². The Morgan fingerprint density at radius 1 is 1.36 bits per heavy atom. The van der Waals surface area contributed by atoms with Gasteiger partial charge in [-0.15, -0.1) is 11.3 Å². The molecular weight excluding hydrogens is 196 g/mol. The number of thiazole rings is 1. The average molecular weight is 214 g/mol. The number of hydrogen-bond acceptors (Lipinski definition) is 5. The lowest BCUT2D eigenvalue weighted by Gasteiger charge is -2.19. The lowest BCUT2D eigenvalue weighted by atomic mass is 10.4. The van der Waals surface area contributed by atoms with Crippen molar-refractivity contribution in [1.82, 2.24) is 9.88 Å². The summed E-state index contributed by atoms with van der Waals surface area (Å²) in [5.74, 6) is 0. The number of nitrogens with zero attached hydrogens (tertiary/aromatic N) is 2. The first-order valence-corrected chi connectivity index (χ1v) is 5.67. The smallest absolute Gasteiger partial charge is 0.0897 e. The molecule has 1 rings (SSSR count). The zero-order valence-electron chi connectivity index (χ0n) is 8.57. The van der Waals surface area contributed by atoms with Gasteiger partial charge in [-0.1, -0.05) is 0 Å². The van der Waals surface area contributed by atoms with Crippen LogP contribution in [0.2, 0.25) is 0 Å². The Hall–Kier alpha value is -0.490. The maximum atomic E-state index is 5.52. The Labute approximate surface area is 88.9 Å². The fraction of sp³-hybridized carbons (Fsp3) is 0.667. The van der Waals surface area contributed by atoms with Crippen LogP contribution in [0.15, 0.2) is 5.38 Å². The molecule has 0 bridgehead atoms. The standard InChI is InChI=1S/C9H18N4S/c1-8-12-9(7-14-8)6-13(4-2-10)5-3-11/h7H,2-6,10-11H2,1H3. The average Bonchev–Trinajstić information content (AvgIpc) is 2.52. The summed E-state index contributed by atoms with van der Waals surface area (Å²) in [5.41, 5.74) is 12.2. The van der Waals surface area contributed by atoms with Gasteiger partial charge in [-0.05, 0) is 6.92 Å². The molecule has 0 aliphatic rings. The van der Waals surface area contributed by atoms with Crippen LogP contribution in [0.5, 0.6) is 0 Å². The molecule has 80 valence electrons. The minimum absolute atomic E-state index is 0.670. The van der Waals surface area contributed by atoms with Gasteiger partial charge < -0.3 is 11.5 Å². The maximum absolute atomic E-state index is 5.52. The molecule has 1 aromatic heterocycles. The molecule has 0 spiro atoms. The molecule has 0 amide bonds. The van der Waals surface area contributed by atoms with Crippen LogP contribution < -0.4 is 11.5 Å². The molecule has 0 unspecified atom stereocenters. The fourth-order valence-electron chi connectivity index (χ4n) is 1.35. The lowest BCUT2D eigenvalue weighted by Crippen LogP contribution is -2.33. The van der Waals surface area contributed by atoms with Crippen molar-refractivity contribution in [1.29, 1.82) is 0 Å². The molecule has 5 heteroatoms. The molecule has 0 aliphatic heterocycles. The molecule has 0 radical (unpaired) electrons. The van der Waals surface area contributed by atoms with Gasteiger partial charge in [0.05, 0.1) is 10.7 Å². The van der Waals surface area contributed by atoms with Gasteiger partial charge in [-0.2, -0.15) is 0 Å². The van der Waals surface area contributed by atoms with E-state index in [9.17, 15) is 0 Å². The first-order chi connectivity index (χ1) is 6.76. The number of nitrogens with two attached hydrogens (primary N) is 2. The molecule has 0 saturated carbocycles. The molecule has 4 N–H and O–H groups in total. The van der Waals surface area contributed by atoms with E-state index in [1.54, 1.807) is 11.3 Å². The van der Waals surface area contributed by atoms with E-state index < -0.39 is 0 Å². The summed E-state index contributed by atoms with van der Waals surface area (Å²) in [4.78, 5) is 6.64. The molecule has 0 aromatic carbocycles. The number of aromatic nitrogens is 1. The molecule has 0 atom stereocenters. The maximum Gasteiger partial charge on any atom is 0.0897 e. The summed E-state index contributed by atoms with van der Waals surface area (Å²) < 4.78 is 0. The van der Waals surface area contributed by atoms with E-state index in [4.69, 9.17) is 11.5 Å². The van der Waals surface area contributed by atoms with Crippen LogP contribution in [0.3, 0.4) is 0 Å². The monoisotopic (exact) mass is 214 g/mol. The SMILES string of the molecule is Cc1nc(CN(CCN)CCN)cs1. The van der Waals surface area contributed by atoms with Gasteiger partial charge in [0.2, 0.25) is 0 Å². The second kappa shape index (κ2) is 6.08. The van der Waals surface area contributed by atoms with Crippen molar-refractivity contribution in [2.45, 2.75) is 13.5 Å². The summed E-state index contributed by atoms with van der Waals surface area (Å²) in [5, 5.41) is 3.20. The third kappa shape index (κ3) is 3.71. The minimum atomic E-state index is 0.670. The van der Waals surface area contributed by atoms with Gasteiger partial charge in [0, 0.05) is 38.1 Å². The van der Waals surface area contributed by atoms with E-state index in [1.807, 2.05) is 6.92 Å². The van der Waals surface area contributed by atoms with Crippen LogP contribution in [-0.2, 0) is 6.54 Å². The quantitative estimate of drug-likeness (QED) is 0.708. The topological polar surface area (TPSA) is 68.2 Å². The molecule has 0 saturated heterocycles. The van der Waals surface area contributed by atoms with E-state index in [0.29, 0.717) is 13.1 Å². The zero-order valence-corrected chi connectivity index (χ0v) is 9.39. The van der Waals surface area contributed by atoms with Gasteiger partial charge in [0.25, 0.3) is 0 Å². The van der Waals surface area contributed by atoms with Crippen molar-refractivity contribution in [3.05, 3.63) is 16.1 Å². The predicted molar refractivity (Wildman–Crippen MR) is 60.2 cm³/mol. The molecule has 1 heterocycles. The van der Waals surface area contributed by atoms with Crippen LogP contribution in [0.25, 0.3) is 0 Å². The zero-order chi connectivity index (χ0) is 10.4. The third-order valence-corrected chi connectivity index (χ3v) is 2.77. The molecule has 0 fully saturated rings. The van der Waals surface area contributed by atoms with Crippen molar-refractivity contribution >= 4 is 11.3 Å². The molecular formula is C9H18N4S. The van der Waals surface area contributed by atoms with E-state index in [-0.39, 0.29) is 0 Å². The first-order valence-electron chi connectivity index (χ1n) is 4.79. The lowest BCUT2D eigenvalue weighted by molar-refractivity contribution is 0.278. The van der Waals surface area contributed by atoms with Crippen molar-refractivity contribution < 1.29 is 0 Å². The molecule has 4 nitrogen and oxygen atoms in total. The molecule has 0 aliphatic carbocycles. The highest BCUT2D eigenvalue weighted by atomic mass is 32.1. The van der Waals surface area contributed by atoms with E-state index in [0.717, 1.165) is 30.3 Å². The summed E-state index contributed by atoms with van der Waals surface area (Å²) >= 11 is 1.68.